The van der Waals surface area contributed by atoms with Crippen LogP contribution in [0.15, 0.2) is 41.8 Å². The molecule has 5 nitrogen and oxygen atoms in total. The number of aryl methyl sites for hydroxylation is 1. The molecule has 3 aromatic rings. The maximum atomic E-state index is 12.1. The van der Waals surface area contributed by atoms with Crippen molar-refractivity contribution in [1.82, 2.24) is 10.3 Å². The monoisotopic (exact) mass is 369 g/mol. The lowest BCUT2D eigenvalue weighted by Gasteiger charge is -2.13. The van der Waals surface area contributed by atoms with Gasteiger partial charge in [0.1, 0.15) is 18.1 Å². The van der Waals surface area contributed by atoms with Gasteiger partial charge in [-0.25, -0.2) is 4.98 Å². The summed E-state index contributed by atoms with van der Waals surface area (Å²) in [5.41, 5.74) is 3.86. The number of nitrogens with one attached hydrogen (secondary N) is 1. The summed E-state index contributed by atoms with van der Waals surface area (Å²) in [6.45, 7) is 2.72. The molecule has 2 heterocycles. The van der Waals surface area contributed by atoms with E-state index in [1.165, 1.54) is 0 Å². The van der Waals surface area contributed by atoms with Crippen LogP contribution in [0, 0.1) is 6.92 Å². The summed E-state index contributed by atoms with van der Waals surface area (Å²) in [7, 11) is -2.51. The molecule has 132 valence electrons. The van der Waals surface area contributed by atoms with Crippen molar-refractivity contribution in [3.8, 4) is 22.6 Å². The van der Waals surface area contributed by atoms with Crippen molar-refractivity contribution in [2.75, 3.05) is 7.04 Å². The van der Waals surface area contributed by atoms with Crippen LogP contribution in [0.1, 0.15) is 30.7 Å². The molecule has 0 spiro atoms. The van der Waals surface area contributed by atoms with Crippen LogP contribution < -0.4 is 14.8 Å². The number of thiazole rings is 1. The van der Waals surface area contributed by atoms with Crippen molar-refractivity contribution >= 4 is 17.2 Å². The van der Waals surface area contributed by atoms with Crippen LogP contribution in [0.2, 0.25) is 0 Å². The average Bonchev–Trinajstić information content (AvgIpc) is 3.24. The molecule has 0 fully saturated rings. The van der Waals surface area contributed by atoms with Gasteiger partial charge < -0.3 is 14.8 Å². The van der Waals surface area contributed by atoms with Crippen molar-refractivity contribution in [2.24, 2.45) is 0 Å². The van der Waals surface area contributed by atoms with Crippen molar-refractivity contribution in [2.45, 2.75) is 20.1 Å². The lowest BCUT2D eigenvalue weighted by molar-refractivity contribution is 0.0966. The molecule has 1 N–H and O–H groups in total. The molecule has 0 saturated heterocycles. The summed E-state index contributed by atoms with van der Waals surface area (Å²) in [5, 5.41) is 5.74. The number of hydrogen-bond donors (Lipinski definition) is 1. The van der Waals surface area contributed by atoms with Crippen LogP contribution in [0.25, 0.3) is 11.1 Å². The van der Waals surface area contributed by atoms with Crippen LogP contribution >= 0.6 is 11.3 Å². The quantitative estimate of drug-likeness (QED) is 0.740. The number of hydrogen-bond acceptors (Lipinski definition) is 5. The van der Waals surface area contributed by atoms with Crippen molar-refractivity contribution in [1.29, 1.82) is 0 Å². The normalized spacial score (nSPS) is 14.8. The number of rotatable bonds is 5. The van der Waals surface area contributed by atoms with E-state index >= 15 is 0 Å². The predicted molar refractivity (Wildman–Crippen MR) is 101 cm³/mol. The Kier molecular flexibility index (Phi) is 3.49. The second-order valence-electron chi connectivity index (χ2n) is 5.96. The van der Waals surface area contributed by atoms with Crippen molar-refractivity contribution < 1.29 is 18.4 Å². The summed E-state index contributed by atoms with van der Waals surface area (Å²) in [5.74, 6) is 0.758. The van der Waals surface area contributed by atoms with E-state index in [1.54, 1.807) is 41.7 Å². The average molecular weight is 369 g/mol. The number of ether oxygens (including phenoxy) is 2. The van der Waals surface area contributed by atoms with Crippen LogP contribution in [0.3, 0.4) is 0 Å². The number of amides is 1. The molecule has 4 rings (SSSR count). The topological polar surface area (TPSA) is 60.5 Å². The summed E-state index contributed by atoms with van der Waals surface area (Å²) in [4.78, 5) is 16.5. The van der Waals surface area contributed by atoms with E-state index in [9.17, 15) is 4.79 Å². The van der Waals surface area contributed by atoms with E-state index in [4.69, 9.17) is 13.6 Å². The molecule has 1 aliphatic rings. The fourth-order valence-electron chi connectivity index (χ4n) is 2.92. The third-order valence-electron chi connectivity index (χ3n) is 4.21. The van der Waals surface area contributed by atoms with E-state index in [1.807, 2.05) is 18.4 Å². The Morgan fingerprint density at radius 2 is 2.12 bits per heavy atom. The molecule has 2 aromatic carbocycles. The predicted octanol–water partition coefficient (Wildman–Crippen LogP) is 3.95. The zero-order chi connectivity index (χ0) is 20.6. The minimum atomic E-state index is -2.51. The standard InChI is InChI=1S/C20H18N2O3S/c1-12-22-15(11-26-12)10-25-19-7-14-9-21-20(23)18(14)8-17(19)13-3-5-16(24-2)6-4-13/h3-8,11H,9-10H2,1-2H3,(H,21,23)/i2D3. The Labute approximate surface area is 159 Å². The van der Waals surface area contributed by atoms with Crippen LogP contribution in [-0.2, 0) is 13.2 Å². The molecule has 0 aliphatic carbocycles. The van der Waals surface area contributed by atoms with Gasteiger partial charge in [0, 0.05) is 23.1 Å². The van der Waals surface area contributed by atoms with Gasteiger partial charge in [-0.05, 0) is 42.3 Å². The Hall–Kier alpha value is -2.86. The molecular formula is C20H18N2O3S. The minimum Gasteiger partial charge on any atom is -0.497 e. The number of carbonyl (C=O) groups is 1. The molecule has 0 unspecified atom stereocenters. The smallest absolute Gasteiger partial charge is 0.251 e. The Morgan fingerprint density at radius 1 is 1.27 bits per heavy atom. The molecular weight excluding hydrogens is 348 g/mol. The number of carbonyl (C=O) groups excluding carboxylic acids is 1. The first-order valence-electron chi connectivity index (χ1n) is 9.57. The van der Waals surface area contributed by atoms with Crippen LogP contribution in [0.5, 0.6) is 11.5 Å². The van der Waals surface area contributed by atoms with E-state index < -0.39 is 7.04 Å². The molecule has 26 heavy (non-hydrogen) atoms. The summed E-state index contributed by atoms with van der Waals surface area (Å²) in [6, 6.07) is 10.3. The molecule has 0 radical (unpaired) electrons. The molecule has 6 heteroatoms. The Balaban J connectivity index is 1.67. The van der Waals surface area contributed by atoms with Crippen molar-refractivity contribution in [3.05, 3.63) is 63.6 Å². The number of nitrogens with zero attached hydrogens (tertiary/aromatic N) is 1. The highest BCUT2D eigenvalue weighted by molar-refractivity contribution is 7.09. The molecule has 1 aromatic heterocycles. The van der Waals surface area contributed by atoms with Gasteiger partial charge >= 0.3 is 0 Å². The van der Waals surface area contributed by atoms with Gasteiger partial charge in [-0.3, -0.25) is 4.79 Å². The first-order chi connectivity index (χ1) is 13.8. The van der Waals surface area contributed by atoms with Crippen LogP contribution in [0.4, 0.5) is 0 Å². The van der Waals surface area contributed by atoms with E-state index in [2.05, 4.69) is 10.3 Å². The van der Waals surface area contributed by atoms with E-state index in [-0.39, 0.29) is 11.7 Å². The second-order valence-corrected chi connectivity index (χ2v) is 7.02. The lowest BCUT2D eigenvalue weighted by atomic mass is 9.99. The van der Waals surface area contributed by atoms with Gasteiger partial charge in [-0.2, -0.15) is 0 Å². The number of aromatic nitrogens is 1. The van der Waals surface area contributed by atoms with E-state index in [0.717, 1.165) is 27.4 Å². The number of benzene rings is 2. The Morgan fingerprint density at radius 3 is 2.85 bits per heavy atom. The highest BCUT2D eigenvalue weighted by atomic mass is 32.1. The number of methoxy groups -OCH3 is 1. The van der Waals surface area contributed by atoms with Gasteiger partial charge in [0.25, 0.3) is 5.91 Å². The molecule has 0 saturated carbocycles. The lowest BCUT2D eigenvalue weighted by Crippen LogP contribution is -2.12. The minimum absolute atomic E-state index is 0.120. The summed E-state index contributed by atoms with van der Waals surface area (Å²) in [6.07, 6.45) is 0. The van der Waals surface area contributed by atoms with Gasteiger partial charge in [-0.1, -0.05) is 12.1 Å². The largest absolute Gasteiger partial charge is 0.497 e. The Bertz CT molecular complexity index is 1060. The summed E-state index contributed by atoms with van der Waals surface area (Å²) < 4.78 is 32.6. The van der Waals surface area contributed by atoms with Crippen LogP contribution in [-0.4, -0.2) is 17.9 Å². The van der Waals surface area contributed by atoms with Gasteiger partial charge in [0.2, 0.25) is 0 Å². The molecule has 0 atom stereocenters. The molecule has 0 bridgehead atoms. The first-order valence-corrected chi connectivity index (χ1v) is 8.95. The molecule has 1 aliphatic heterocycles. The van der Waals surface area contributed by atoms with Crippen molar-refractivity contribution in [3.63, 3.8) is 0 Å². The van der Waals surface area contributed by atoms with Gasteiger partial charge in [0.15, 0.2) is 0 Å². The fraction of sp³-hybridized carbons (Fsp3) is 0.200. The summed E-state index contributed by atoms with van der Waals surface area (Å²) >= 11 is 1.56. The van der Waals surface area contributed by atoms with Gasteiger partial charge in [0.05, 0.1) is 21.9 Å². The zero-order valence-corrected chi connectivity index (χ0v) is 14.9. The molecule has 1 amide bonds. The highest BCUT2D eigenvalue weighted by Gasteiger charge is 2.22. The maximum absolute atomic E-state index is 12.1. The second kappa shape index (κ2) is 6.80. The SMILES string of the molecule is [2H]C([2H])([2H])Oc1ccc(-c2cc3c(cc2OCc2csc(C)n2)CNC3=O)cc1. The number of fused-ring (bicyclic) bond motifs is 1. The highest BCUT2D eigenvalue weighted by Crippen LogP contribution is 2.36. The zero-order valence-electron chi connectivity index (χ0n) is 17.0. The van der Waals surface area contributed by atoms with Gasteiger partial charge in [-0.15, -0.1) is 11.3 Å². The maximum Gasteiger partial charge on any atom is 0.251 e. The third kappa shape index (κ3) is 3.15. The first kappa shape index (κ1) is 13.4. The third-order valence-corrected chi connectivity index (χ3v) is 5.04. The fourth-order valence-corrected chi connectivity index (χ4v) is 3.52. The van der Waals surface area contributed by atoms with E-state index in [0.29, 0.717) is 24.5 Å².